The first kappa shape index (κ1) is 13.8. The van der Waals surface area contributed by atoms with Crippen molar-refractivity contribution in [3.63, 3.8) is 0 Å². The van der Waals surface area contributed by atoms with Crippen molar-refractivity contribution < 1.29 is 23.0 Å². The summed E-state index contributed by atoms with van der Waals surface area (Å²) in [4.78, 5) is 0. The summed E-state index contributed by atoms with van der Waals surface area (Å²) in [5.74, 6) is 0.280. The van der Waals surface area contributed by atoms with Crippen molar-refractivity contribution in [1.82, 2.24) is 0 Å². The van der Waals surface area contributed by atoms with Gasteiger partial charge in [-0.25, -0.2) is 0 Å². The van der Waals surface area contributed by atoms with Crippen molar-refractivity contribution in [3.8, 4) is 0 Å². The van der Waals surface area contributed by atoms with Crippen LogP contribution in [0.15, 0.2) is 0 Å². The lowest BCUT2D eigenvalue weighted by Gasteiger charge is -2.17. The van der Waals surface area contributed by atoms with Gasteiger partial charge in [0.2, 0.25) is 0 Å². The van der Waals surface area contributed by atoms with Gasteiger partial charge in [0.25, 0.3) is 0 Å². The summed E-state index contributed by atoms with van der Waals surface area (Å²) in [7, 11) is 0. The molecule has 0 amide bonds. The minimum absolute atomic E-state index is 0.0269. The van der Waals surface area contributed by atoms with Crippen LogP contribution in [0.1, 0.15) is 38.5 Å². The van der Waals surface area contributed by atoms with Gasteiger partial charge in [-0.15, -0.1) is 0 Å². The number of hydrogen-bond donors (Lipinski definition) is 1. The van der Waals surface area contributed by atoms with Gasteiger partial charge in [0.15, 0.2) is 0 Å². The number of aliphatic hydroxyl groups excluding tert-OH is 1. The summed E-state index contributed by atoms with van der Waals surface area (Å²) in [6, 6.07) is 0. The van der Waals surface area contributed by atoms with Crippen molar-refractivity contribution in [2.45, 2.75) is 50.8 Å². The Morgan fingerprint density at radius 2 is 1.88 bits per heavy atom. The Morgan fingerprint density at radius 3 is 2.44 bits per heavy atom. The smallest absolute Gasteiger partial charge is 0.389 e. The normalized spacial score (nSPS) is 20.2. The van der Waals surface area contributed by atoms with E-state index in [-0.39, 0.29) is 25.6 Å². The largest absolute Gasteiger partial charge is 0.390 e. The average Bonchev–Trinajstić information content (AvgIpc) is 2.67. The highest BCUT2D eigenvalue weighted by atomic mass is 19.4. The van der Waals surface area contributed by atoms with Crippen LogP contribution in [-0.2, 0) is 4.74 Å². The second-order valence-corrected chi connectivity index (χ2v) is 4.41. The molecule has 1 aliphatic rings. The van der Waals surface area contributed by atoms with E-state index in [1.807, 2.05) is 0 Å². The molecule has 1 N–H and O–H groups in total. The van der Waals surface area contributed by atoms with E-state index in [4.69, 9.17) is 4.74 Å². The fourth-order valence-electron chi connectivity index (χ4n) is 2.06. The zero-order chi connectivity index (χ0) is 12.0. The van der Waals surface area contributed by atoms with E-state index in [2.05, 4.69) is 0 Å². The quantitative estimate of drug-likeness (QED) is 0.723. The maximum Gasteiger partial charge on any atom is 0.389 e. The van der Waals surface area contributed by atoms with Gasteiger partial charge in [0.05, 0.1) is 12.7 Å². The Kier molecular flexibility index (Phi) is 5.55. The molecule has 1 saturated carbocycles. The predicted molar refractivity (Wildman–Crippen MR) is 54.1 cm³/mol. The molecule has 1 atom stereocenters. The van der Waals surface area contributed by atoms with Gasteiger partial charge in [-0.3, -0.25) is 0 Å². The zero-order valence-corrected chi connectivity index (χ0v) is 9.30. The van der Waals surface area contributed by atoms with Crippen LogP contribution in [0.25, 0.3) is 0 Å². The minimum atomic E-state index is -4.10. The molecule has 0 aromatic rings. The minimum Gasteiger partial charge on any atom is -0.390 e. The van der Waals surface area contributed by atoms with Crippen LogP contribution in [0.5, 0.6) is 0 Å². The molecule has 1 rings (SSSR count). The van der Waals surface area contributed by atoms with Crippen molar-refractivity contribution in [1.29, 1.82) is 0 Å². The summed E-state index contributed by atoms with van der Waals surface area (Å²) in [6.07, 6.45) is -1.17. The molecule has 0 saturated heterocycles. The summed E-state index contributed by atoms with van der Waals surface area (Å²) in [5, 5.41) is 9.66. The van der Waals surface area contributed by atoms with Crippen LogP contribution >= 0.6 is 0 Å². The van der Waals surface area contributed by atoms with E-state index in [1.165, 1.54) is 0 Å². The van der Waals surface area contributed by atoms with Gasteiger partial charge in [-0.05, 0) is 25.2 Å². The third-order valence-corrected chi connectivity index (χ3v) is 2.98. The molecular weight excluding hydrogens is 221 g/mol. The van der Waals surface area contributed by atoms with Gasteiger partial charge in [0, 0.05) is 13.0 Å². The number of rotatable bonds is 6. The average molecular weight is 240 g/mol. The third-order valence-electron chi connectivity index (χ3n) is 2.98. The maximum atomic E-state index is 11.8. The molecule has 16 heavy (non-hydrogen) atoms. The van der Waals surface area contributed by atoms with E-state index in [9.17, 15) is 18.3 Å². The Balaban J connectivity index is 1.98. The highest BCUT2D eigenvalue weighted by Crippen LogP contribution is 2.27. The highest BCUT2D eigenvalue weighted by molar-refractivity contribution is 4.74. The van der Waals surface area contributed by atoms with Crippen LogP contribution in [0.3, 0.4) is 0 Å². The van der Waals surface area contributed by atoms with Crippen LogP contribution < -0.4 is 0 Å². The van der Waals surface area contributed by atoms with E-state index in [0.29, 0.717) is 0 Å². The molecule has 1 unspecified atom stereocenters. The lowest BCUT2D eigenvalue weighted by Crippen LogP contribution is -2.24. The molecule has 96 valence electrons. The number of ether oxygens (including phenoxy) is 1. The Hall–Kier alpha value is -0.290. The second kappa shape index (κ2) is 6.45. The van der Waals surface area contributed by atoms with Crippen molar-refractivity contribution >= 4 is 0 Å². The summed E-state index contributed by atoms with van der Waals surface area (Å²) in [6.45, 7) is 0.242. The molecule has 0 spiro atoms. The molecule has 0 heterocycles. The first-order valence-corrected chi connectivity index (χ1v) is 5.81. The molecule has 1 fully saturated rings. The third kappa shape index (κ3) is 5.70. The molecule has 0 aromatic carbocycles. The van der Waals surface area contributed by atoms with Gasteiger partial charge in [-0.1, -0.05) is 12.8 Å². The van der Waals surface area contributed by atoms with E-state index >= 15 is 0 Å². The first-order chi connectivity index (χ1) is 7.49. The fraction of sp³-hybridized carbons (Fsp3) is 1.00. The highest BCUT2D eigenvalue weighted by Gasteiger charge is 2.26. The van der Waals surface area contributed by atoms with Crippen LogP contribution in [0.4, 0.5) is 13.2 Å². The van der Waals surface area contributed by atoms with E-state index in [0.717, 1.165) is 25.7 Å². The summed E-state index contributed by atoms with van der Waals surface area (Å²) >= 11 is 0. The molecule has 0 bridgehead atoms. The molecular formula is C11H19F3O2. The number of hydrogen-bond acceptors (Lipinski definition) is 2. The Labute approximate surface area is 93.8 Å². The number of halogens is 3. The van der Waals surface area contributed by atoms with Crippen LogP contribution in [-0.4, -0.2) is 30.6 Å². The molecule has 0 aliphatic heterocycles. The maximum absolute atomic E-state index is 11.8. The molecule has 1 aliphatic carbocycles. The SMILES string of the molecule is OC(COCCCC(F)(F)F)C1CCCC1. The fourth-order valence-corrected chi connectivity index (χ4v) is 2.06. The number of alkyl halides is 3. The Morgan fingerprint density at radius 1 is 1.25 bits per heavy atom. The molecule has 5 heteroatoms. The molecule has 0 aromatic heterocycles. The van der Waals surface area contributed by atoms with Crippen LogP contribution in [0.2, 0.25) is 0 Å². The van der Waals surface area contributed by atoms with E-state index in [1.54, 1.807) is 0 Å². The Bertz CT molecular complexity index is 188. The predicted octanol–water partition coefficient (Wildman–Crippen LogP) is 2.90. The first-order valence-electron chi connectivity index (χ1n) is 5.81. The van der Waals surface area contributed by atoms with Gasteiger partial charge in [0.1, 0.15) is 0 Å². The molecule has 0 radical (unpaired) electrons. The van der Waals surface area contributed by atoms with Crippen molar-refractivity contribution in [2.75, 3.05) is 13.2 Å². The van der Waals surface area contributed by atoms with Gasteiger partial charge < -0.3 is 9.84 Å². The summed E-state index contributed by atoms with van der Waals surface area (Å²) in [5.41, 5.74) is 0. The lowest BCUT2D eigenvalue weighted by atomic mass is 10.0. The monoisotopic (exact) mass is 240 g/mol. The topological polar surface area (TPSA) is 29.5 Å². The second-order valence-electron chi connectivity index (χ2n) is 4.41. The van der Waals surface area contributed by atoms with E-state index < -0.39 is 18.7 Å². The lowest BCUT2D eigenvalue weighted by molar-refractivity contribution is -0.138. The van der Waals surface area contributed by atoms with Crippen molar-refractivity contribution in [3.05, 3.63) is 0 Å². The van der Waals surface area contributed by atoms with Gasteiger partial charge in [-0.2, -0.15) is 13.2 Å². The summed E-state index contributed by atoms with van der Waals surface area (Å²) < 4.78 is 40.4. The number of aliphatic hydroxyl groups is 1. The standard InChI is InChI=1S/C11H19F3O2/c12-11(13,14)6-3-7-16-8-10(15)9-4-1-2-5-9/h9-10,15H,1-8H2. The van der Waals surface area contributed by atoms with Gasteiger partial charge >= 0.3 is 6.18 Å². The van der Waals surface area contributed by atoms with Crippen molar-refractivity contribution in [2.24, 2.45) is 5.92 Å². The zero-order valence-electron chi connectivity index (χ0n) is 9.30. The van der Waals surface area contributed by atoms with Crippen LogP contribution in [0, 0.1) is 5.92 Å². The molecule has 2 nitrogen and oxygen atoms in total.